The molecule has 0 atom stereocenters. The Balaban J connectivity index is 1.95. The summed E-state index contributed by atoms with van der Waals surface area (Å²) in [6.45, 7) is 0.425. The average Bonchev–Trinajstić information content (AvgIpc) is 2.61. The van der Waals surface area contributed by atoms with Crippen molar-refractivity contribution in [2.45, 2.75) is 6.61 Å². The zero-order valence-electron chi connectivity index (χ0n) is 12.8. The third kappa shape index (κ3) is 3.58. The Bertz CT molecular complexity index is 860. The zero-order chi connectivity index (χ0) is 16.9. The van der Waals surface area contributed by atoms with Gasteiger partial charge in [-0.3, -0.25) is 0 Å². The summed E-state index contributed by atoms with van der Waals surface area (Å²) in [7, 11) is 0. The highest BCUT2D eigenvalue weighted by atomic mass is 35.5. The Morgan fingerprint density at radius 3 is 2.38 bits per heavy atom. The van der Waals surface area contributed by atoms with Gasteiger partial charge in [0.05, 0.1) is 5.56 Å². The average molecular weight is 339 g/mol. The summed E-state index contributed by atoms with van der Waals surface area (Å²) in [5.74, 6) is -0.332. The van der Waals surface area contributed by atoms with Crippen LogP contribution in [0.5, 0.6) is 5.75 Å². The lowest BCUT2D eigenvalue weighted by Crippen LogP contribution is -1.99. The molecule has 120 valence electrons. The predicted molar refractivity (Wildman–Crippen MR) is 94.6 cm³/mol. The molecule has 0 saturated carbocycles. The van der Waals surface area contributed by atoms with Crippen molar-refractivity contribution in [1.29, 1.82) is 0 Å². The van der Waals surface area contributed by atoms with Crippen LogP contribution in [0.25, 0.3) is 11.1 Å². The lowest BCUT2D eigenvalue weighted by molar-refractivity contribution is 0.0697. The van der Waals surface area contributed by atoms with Gasteiger partial charge in [-0.15, -0.1) is 0 Å². The molecule has 0 saturated heterocycles. The van der Waals surface area contributed by atoms with Crippen molar-refractivity contribution in [2.75, 3.05) is 0 Å². The molecular formula is C20H15ClO3. The van der Waals surface area contributed by atoms with Gasteiger partial charge in [0.2, 0.25) is 0 Å². The van der Waals surface area contributed by atoms with Gasteiger partial charge in [-0.1, -0.05) is 60.1 Å². The second-order valence-electron chi connectivity index (χ2n) is 5.27. The summed E-state index contributed by atoms with van der Waals surface area (Å²) in [6, 6.07) is 21.9. The fraction of sp³-hybridized carbons (Fsp3) is 0.0500. The van der Waals surface area contributed by atoms with E-state index >= 15 is 0 Å². The van der Waals surface area contributed by atoms with Crippen LogP contribution < -0.4 is 4.74 Å². The smallest absolute Gasteiger partial charge is 0.335 e. The summed E-state index contributed by atoms with van der Waals surface area (Å²) in [5, 5.41) is 9.68. The Hall–Kier alpha value is -2.78. The van der Waals surface area contributed by atoms with Crippen molar-refractivity contribution in [3.63, 3.8) is 0 Å². The number of carboxylic acids is 1. The number of rotatable bonds is 5. The first-order valence-electron chi connectivity index (χ1n) is 7.44. The van der Waals surface area contributed by atoms with Gasteiger partial charge < -0.3 is 9.84 Å². The van der Waals surface area contributed by atoms with Crippen LogP contribution in [0.2, 0.25) is 5.02 Å². The Labute approximate surface area is 145 Å². The lowest BCUT2D eigenvalue weighted by Gasteiger charge is -2.13. The predicted octanol–water partition coefficient (Wildman–Crippen LogP) is 5.28. The number of carbonyl (C=O) groups is 1. The molecule has 3 aromatic rings. The van der Waals surface area contributed by atoms with Gasteiger partial charge in [-0.05, 0) is 29.8 Å². The van der Waals surface area contributed by atoms with Gasteiger partial charge in [-0.2, -0.15) is 0 Å². The summed E-state index contributed by atoms with van der Waals surface area (Å²) in [5.41, 5.74) is 2.65. The molecule has 0 bridgehead atoms. The molecule has 1 N–H and O–H groups in total. The molecule has 3 aromatic carbocycles. The van der Waals surface area contributed by atoms with Gasteiger partial charge in [0.25, 0.3) is 0 Å². The van der Waals surface area contributed by atoms with Gasteiger partial charge in [0, 0.05) is 16.1 Å². The van der Waals surface area contributed by atoms with Crippen LogP contribution in [0.1, 0.15) is 15.9 Å². The Kier molecular flexibility index (Phi) is 4.82. The maximum Gasteiger partial charge on any atom is 0.335 e. The number of hydrogen-bond acceptors (Lipinski definition) is 2. The van der Waals surface area contributed by atoms with E-state index in [2.05, 4.69) is 0 Å². The second-order valence-corrected chi connectivity index (χ2v) is 5.68. The molecule has 0 aromatic heterocycles. The first kappa shape index (κ1) is 16.1. The maximum absolute atomic E-state index is 11.2. The van der Waals surface area contributed by atoms with E-state index in [4.69, 9.17) is 16.3 Å². The molecule has 0 spiro atoms. The molecule has 0 heterocycles. The fourth-order valence-electron chi connectivity index (χ4n) is 2.42. The summed E-state index contributed by atoms with van der Waals surface area (Å²) in [4.78, 5) is 11.2. The SMILES string of the molecule is O=C(O)c1ccc(Cl)c(-c2ccccc2OCc2ccccc2)c1. The summed E-state index contributed by atoms with van der Waals surface area (Å²) >= 11 is 6.28. The van der Waals surface area contributed by atoms with Crippen molar-refractivity contribution < 1.29 is 14.6 Å². The normalized spacial score (nSPS) is 10.4. The number of halogens is 1. The highest BCUT2D eigenvalue weighted by Crippen LogP contribution is 2.35. The topological polar surface area (TPSA) is 46.5 Å². The van der Waals surface area contributed by atoms with Crippen LogP contribution in [0, 0.1) is 0 Å². The minimum Gasteiger partial charge on any atom is -0.488 e. The Morgan fingerprint density at radius 1 is 0.917 bits per heavy atom. The van der Waals surface area contributed by atoms with Crippen LogP contribution in [-0.4, -0.2) is 11.1 Å². The highest BCUT2D eigenvalue weighted by molar-refractivity contribution is 6.33. The van der Waals surface area contributed by atoms with Crippen molar-refractivity contribution >= 4 is 17.6 Å². The molecule has 0 aliphatic carbocycles. The lowest BCUT2D eigenvalue weighted by atomic mass is 10.0. The van der Waals surface area contributed by atoms with Crippen LogP contribution in [-0.2, 0) is 6.61 Å². The van der Waals surface area contributed by atoms with E-state index in [1.807, 2.05) is 54.6 Å². The highest BCUT2D eigenvalue weighted by Gasteiger charge is 2.13. The Morgan fingerprint density at radius 2 is 1.62 bits per heavy atom. The minimum absolute atomic E-state index is 0.187. The third-order valence-corrected chi connectivity index (χ3v) is 3.96. The van der Waals surface area contributed by atoms with Crippen LogP contribution in [0.4, 0.5) is 0 Å². The van der Waals surface area contributed by atoms with Crippen molar-refractivity contribution in [3.05, 3.63) is 88.9 Å². The standard InChI is InChI=1S/C20H15ClO3/c21-18-11-10-15(20(22)23)12-17(18)16-8-4-5-9-19(16)24-13-14-6-2-1-3-7-14/h1-12H,13H2,(H,22,23). The quantitative estimate of drug-likeness (QED) is 0.688. The summed E-state index contributed by atoms with van der Waals surface area (Å²) in [6.07, 6.45) is 0. The third-order valence-electron chi connectivity index (χ3n) is 3.63. The molecule has 0 aliphatic rings. The first-order valence-corrected chi connectivity index (χ1v) is 7.82. The number of para-hydroxylation sites is 1. The van der Waals surface area contributed by atoms with E-state index in [9.17, 15) is 9.90 Å². The molecule has 24 heavy (non-hydrogen) atoms. The van der Waals surface area contributed by atoms with Crippen molar-refractivity contribution in [1.82, 2.24) is 0 Å². The van der Waals surface area contributed by atoms with Gasteiger partial charge in [0.15, 0.2) is 0 Å². The van der Waals surface area contributed by atoms with E-state index < -0.39 is 5.97 Å². The van der Waals surface area contributed by atoms with Gasteiger partial charge in [-0.25, -0.2) is 4.79 Å². The van der Waals surface area contributed by atoms with Gasteiger partial charge in [0.1, 0.15) is 12.4 Å². The molecule has 3 rings (SSSR count). The minimum atomic E-state index is -0.990. The summed E-state index contributed by atoms with van der Waals surface area (Å²) < 4.78 is 5.93. The zero-order valence-corrected chi connectivity index (χ0v) is 13.5. The molecule has 0 amide bonds. The van der Waals surface area contributed by atoms with Crippen LogP contribution in [0.3, 0.4) is 0 Å². The van der Waals surface area contributed by atoms with E-state index in [0.717, 1.165) is 11.1 Å². The number of benzene rings is 3. The van der Waals surface area contributed by atoms with Crippen LogP contribution >= 0.6 is 11.6 Å². The maximum atomic E-state index is 11.2. The largest absolute Gasteiger partial charge is 0.488 e. The fourth-order valence-corrected chi connectivity index (χ4v) is 2.63. The van der Waals surface area contributed by atoms with E-state index in [-0.39, 0.29) is 5.56 Å². The van der Waals surface area contributed by atoms with E-state index in [1.54, 1.807) is 12.1 Å². The second kappa shape index (κ2) is 7.20. The van der Waals surface area contributed by atoms with E-state index in [1.165, 1.54) is 6.07 Å². The molecule has 0 radical (unpaired) electrons. The number of hydrogen-bond donors (Lipinski definition) is 1. The van der Waals surface area contributed by atoms with Crippen molar-refractivity contribution in [3.8, 4) is 16.9 Å². The molecule has 3 nitrogen and oxygen atoms in total. The van der Waals surface area contributed by atoms with Gasteiger partial charge >= 0.3 is 5.97 Å². The number of ether oxygens (including phenoxy) is 1. The van der Waals surface area contributed by atoms with Crippen LogP contribution in [0.15, 0.2) is 72.8 Å². The first-order chi connectivity index (χ1) is 11.6. The van der Waals surface area contributed by atoms with E-state index in [0.29, 0.717) is 22.9 Å². The molecular weight excluding hydrogens is 324 g/mol. The monoisotopic (exact) mass is 338 g/mol. The molecule has 0 aliphatic heterocycles. The molecule has 4 heteroatoms. The molecule has 0 unspecified atom stereocenters. The number of carboxylic acid groups (broad SMARTS) is 1. The van der Waals surface area contributed by atoms with Crippen molar-refractivity contribution in [2.24, 2.45) is 0 Å². The number of aromatic carboxylic acids is 1. The molecule has 0 fully saturated rings.